The van der Waals surface area contributed by atoms with Gasteiger partial charge in [-0.2, -0.15) is 0 Å². The number of fused-ring (bicyclic) bond motifs is 3. The van der Waals surface area contributed by atoms with Gasteiger partial charge in [0.2, 0.25) is 0 Å². The number of aliphatic hydroxyl groups is 1. The molecule has 25 heavy (non-hydrogen) atoms. The van der Waals surface area contributed by atoms with Crippen molar-refractivity contribution in [3.63, 3.8) is 0 Å². The number of H-pyrrole nitrogens is 1. The molecule has 4 heterocycles. The predicted octanol–water partition coefficient (Wildman–Crippen LogP) is 2.51. The minimum absolute atomic E-state index is 0.190. The Bertz CT molecular complexity index is 911. The highest BCUT2D eigenvalue weighted by Crippen LogP contribution is 2.47. The summed E-state index contributed by atoms with van der Waals surface area (Å²) in [4.78, 5) is 18.3. The standard InChI is InChI=1S/C18H18FN5O/c19-12-3-1-11(2-4-12)18(25)7-13-5-6-14(8-18)24(13)17-15-16(21-9-20-15)22-10-23-17/h1-4,9-10,13-14,25H,5-8H2,(H,20,21,22,23)/t13-,14+,18?. The molecule has 2 aliphatic rings. The number of anilines is 1. The number of benzene rings is 1. The van der Waals surface area contributed by atoms with Gasteiger partial charge in [0, 0.05) is 24.9 Å². The van der Waals surface area contributed by atoms with Crippen molar-refractivity contribution in [2.24, 2.45) is 0 Å². The lowest BCUT2D eigenvalue weighted by atomic mass is 9.80. The zero-order chi connectivity index (χ0) is 17.0. The molecule has 2 N–H and O–H groups in total. The second-order valence-electron chi connectivity index (χ2n) is 7.04. The van der Waals surface area contributed by atoms with Crippen LogP contribution in [0.3, 0.4) is 0 Å². The van der Waals surface area contributed by atoms with E-state index >= 15 is 0 Å². The molecular formula is C18H18FN5O. The Kier molecular flexibility index (Phi) is 3.09. The van der Waals surface area contributed by atoms with Crippen LogP contribution in [-0.4, -0.2) is 37.1 Å². The molecule has 5 rings (SSSR count). The maximum absolute atomic E-state index is 13.2. The van der Waals surface area contributed by atoms with Crippen molar-refractivity contribution in [1.82, 2.24) is 19.9 Å². The van der Waals surface area contributed by atoms with Gasteiger partial charge in [0.25, 0.3) is 0 Å². The van der Waals surface area contributed by atoms with Crippen molar-refractivity contribution in [2.45, 2.75) is 43.4 Å². The molecule has 2 saturated heterocycles. The number of nitrogens with zero attached hydrogens (tertiary/aromatic N) is 4. The van der Waals surface area contributed by atoms with E-state index in [0.29, 0.717) is 18.5 Å². The van der Waals surface area contributed by atoms with Gasteiger partial charge >= 0.3 is 0 Å². The average molecular weight is 339 g/mol. The van der Waals surface area contributed by atoms with Crippen molar-refractivity contribution in [1.29, 1.82) is 0 Å². The van der Waals surface area contributed by atoms with E-state index in [4.69, 9.17) is 0 Å². The van der Waals surface area contributed by atoms with Crippen molar-refractivity contribution in [3.05, 3.63) is 48.3 Å². The minimum atomic E-state index is -0.920. The quantitative estimate of drug-likeness (QED) is 0.750. The van der Waals surface area contributed by atoms with E-state index in [9.17, 15) is 9.50 Å². The fraction of sp³-hybridized carbons (Fsp3) is 0.389. The molecule has 1 unspecified atom stereocenters. The Morgan fingerprint density at radius 2 is 1.80 bits per heavy atom. The molecule has 3 aromatic rings. The van der Waals surface area contributed by atoms with Gasteiger partial charge in [-0.05, 0) is 30.5 Å². The number of rotatable bonds is 2. The van der Waals surface area contributed by atoms with Gasteiger partial charge in [-0.3, -0.25) is 0 Å². The van der Waals surface area contributed by atoms with Gasteiger partial charge < -0.3 is 15.0 Å². The van der Waals surface area contributed by atoms with Gasteiger partial charge in [-0.15, -0.1) is 0 Å². The average Bonchev–Trinajstić information content (AvgIpc) is 3.18. The molecule has 0 radical (unpaired) electrons. The maximum Gasteiger partial charge on any atom is 0.182 e. The molecule has 0 aliphatic carbocycles. The third kappa shape index (κ3) is 2.22. The topological polar surface area (TPSA) is 77.9 Å². The molecule has 3 atom stereocenters. The van der Waals surface area contributed by atoms with Crippen LogP contribution in [0.4, 0.5) is 10.2 Å². The molecular weight excluding hydrogens is 321 g/mol. The monoisotopic (exact) mass is 339 g/mol. The first-order valence-corrected chi connectivity index (χ1v) is 8.55. The Balaban J connectivity index is 1.51. The first-order chi connectivity index (χ1) is 12.1. The summed E-state index contributed by atoms with van der Waals surface area (Å²) in [6, 6.07) is 6.61. The number of nitrogens with one attached hydrogen (secondary N) is 1. The van der Waals surface area contributed by atoms with Crippen LogP contribution in [0, 0.1) is 5.82 Å². The van der Waals surface area contributed by atoms with Gasteiger partial charge in [-0.1, -0.05) is 12.1 Å². The molecule has 2 bridgehead atoms. The van der Waals surface area contributed by atoms with E-state index in [1.54, 1.807) is 24.8 Å². The van der Waals surface area contributed by atoms with Gasteiger partial charge in [0.15, 0.2) is 11.5 Å². The van der Waals surface area contributed by atoms with Gasteiger partial charge in [0.05, 0.1) is 11.9 Å². The summed E-state index contributed by atoms with van der Waals surface area (Å²) < 4.78 is 13.2. The minimum Gasteiger partial charge on any atom is -0.385 e. The SMILES string of the molecule is OC1(c2ccc(F)cc2)C[C@H]2CC[C@@H](C1)N2c1ncnc2nc[nH]c12. The molecule has 2 aromatic heterocycles. The van der Waals surface area contributed by atoms with E-state index in [2.05, 4.69) is 24.8 Å². The Morgan fingerprint density at radius 1 is 1.08 bits per heavy atom. The number of aromatic amines is 1. The van der Waals surface area contributed by atoms with Crippen LogP contribution in [0.15, 0.2) is 36.9 Å². The lowest BCUT2D eigenvalue weighted by molar-refractivity contribution is -0.00318. The third-order valence-corrected chi connectivity index (χ3v) is 5.60. The number of halogens is 1. The summed E-state index contributed by atoms with van der Waals surface area (Å²) in [5, 5.41) is 11.3. The summed E-state index contributed by atoms with van der Waals surface area (Å²) in [5.41, 5.74) is 1.37. The molecule has 128 valence electrons. The van der Waals surface area contributed by atoms with Crippen molar-refractivity contribution >= 4 is 17.0 Å². The highest BCUT2D eigenvalue weighted by atomic mass is 19.1. The zero-order valence-corrected chi connectivity index (χ0v) is 13.6. The lowest BCUT2D eigenvalue weighted by Gasteiger charge is -2.44. The number of piperidine rings is 1. The number of aromatic nitrogens is 4. The highest BCUT2D eigenvalue weighted by Gasteiger charge is 2.49. The van der Waals surface area contributed by atoms with E-state index in [1.165, 1.54) is 12.1 Å². The summed E-state index contributed by atoms with van der Waals surface area (Å²) in [5.74, 6) is 0.575. The van der Waals surface area contributed by atoms with E-state index in [-0.39, 0.29) is 17.9 Å². The van der Waals surface area contributed by atoms with E-state index < -0.39 is 5.60 Å². The van der Waals surface area contributed by atoms with Crippen LogP contribution in [0.2, 0.25) is 0 Å². The second kappa shape index (κ2) is 5.23. The first-order valence-electron chi connectivity index (χ1n) is 8.55. The molecule has 0 spiro atoms. The van der Waals surface area contributed by atoms with Crippen molar-refractivity contribution in [3.8, 4) is 0 Å². The fourth-order valence-corrected chi connectivity index (χ4v) is 4.51. The molecule has 0 saturated carbocycles. The predicted molar refractivity (Wildman–Crippen MR) is 90.5 cm³/mol. The third-order valence-electron chi connectivity index (χ3n) is 5.60. The van der Waals surface area contributed by atoms with Crippen molar-refractivity contribution in [2.75, 3.05) is 4.90 Å². The summed E-state index contributed by atoms with van der Waals surface area (Å²) in [6.45, 7) is 0. The summed E-state index contributed by atoms with van der Waals surface area (Å²) >= 11 is 0. The summed E-state index contributed by atoms with van der Waals surface area (Å²) in [7, 11) is 0. The van der Waals surface area contributed by atoms with Gasteiger partial charge in [0.1, 0.15) is 17.7 Å². The lowest BCUT2D eigenvalue weighted by Crippen LogP contribution is -2.50. The molecule has 7 heteroatoms. The molecule has 2 fully saturated rings. The van der Waals surface area contributed by atoms with Crippen LogP contribution >= 0.6 is 0 Å². The number of hydrogen-bond donors (Lipinski definition) is 2. The fourth-order valence-electron chi connectivity index (χ4n) is 4.51. The first kappa shape index (κ1) is 14.8. The van der Waals surface area contributed by atoms with Gasteiger partial charge in [-0.25, -0.2) is 19.3 Å². The Hall–Kier alpha value is -2.54. The molecule has 6 nitrogen and oxygen atoms in total. The van der Waals surface area contributed by atoms with Crippen molar-refractivity contribution < 1.29 is 9.50 Å². The summed E-state index contributed by atoms with van der Waals surface area (Å²) in [6.07, 6.45) is 6.40. The second-order valence-corrected chi connectivity index (χ2v) is 7.04. The smallest absolute Gasteiger partial charge is 0.182 e. The van der Waals surface area contributed by atoms with Crippen LogP contribution in [-0.2, 0) is 5.60 Å². The molecule has 2 aliphatic heterocycles. The molecule has 0 amide bonds. The zero-order valence-electron chi connectivity index (χ0n) is 13.6. The highest BCUT2D eigenvalue weighted by molar-refractivity contribution is 5.83. The Labute approximate surface area is 143 Å². The van der Waals surface area contributed by atoms with Crippen LogP contribution < -0.4 is 4.90 Å². The molecule has 1 aromatic carbocycles. The number of imidazole rings is 1. The van der Waals surface area contributed by atoms with E-state index in [0.717, 1.165) is 29.7 Å². The number of hydrogen-bond acceptors (Lipinski definition) is 5. The van der Waals surface area contributed by atoms with Crippen LogP contribution in [0.25, 0.3) is 11.2 Å². The van der Waals surface area contributed by atoms with E-state index in [1.807, 2.05) is 0 Å². The largest absolute Gasteiger partial charge is 0.385 e. The maximum atomic E-state index is 13.2. The van der Waals surface area contributed by atoms with Crippen LogP contribution in [0.1, 0.15) is 31.2 Å². The van der Waals surface area contributed by atoms with Crippen LogP contribution in [0.5, 0.6) is 0 Å². The Morgan fingerprint density at radius 3 is 2.52 bits per heavy atom. The normalized spacial score (nSPS) is 28.6.